The van der Waals surface area contributed by atoms with E-state index in [1.165, 1.54) is 12.1 Å². The third-order valence-corrected chi connectivity index (χ3v) is 4.51. The predicted octanol–water partition coefficient (Wildman–Crippen LogP) is 3.61. The summed E-state index contributed by atoms with van der Waals surface area (Å²) >= 11 is 5.81. The lowest BCUT2D eigenvalue weighted by molar-refractivity contribution is 0.0525. The van der Waals surface area contributed by atoms with Crippen molar-refractivity contribution in [2.75, 3.05) is 13.2 Å². The highest BCUT2D eigenvalue weighted by molar-refractivity contribution is 6.30. The zero-order valence-electron chi connectivity index (χ0n) is 16.0. The van der Waals surface area contributed by atoms with Gasteiger partial charge < -0.3 is 19.7 Å². The molecule has 0 saturated heterocycles. The Balaban J connectivity index is 1.81. The molecule has 0 aliphatic rings. The Morgan fingerprint density at radius 2 is 1.88 bits per heavy atom. The second kappa shape index (κ2) is 8.99. The van der Waals surface area contributed by atoms with Gasteiger partial charge in [-0.1, -0.05) is 11.6 Å². The largest absolute Gasteiger partial charge is 0.474 e. The molecule has 0 amide bonds. The number of ether oxygens (including phenoxy) is 2. The number of hydrogen-bond acceptors (Lipinski definition) is 7. The molecular formula is C20H14ClF3N4O4. The molecular weight excluding hydrogens is 453 g/mol. The zero-order chi connectivity index (χ0) is 22.8. The highest BCUT2D eigenvalue weighted by Crippen LogP contribution is 2.36. The molecule has 0 radical (unpaired) electrons. The van der Waals surface area contributed by atoms with Crippen LogP contribution in [0.25, 0.3) is 22.3 Å². The third kappa shape index (κ3) is 4.44. The predicted molar refractivity (Wildman–Crippen MR) is 107 cm³/mol. The SMILES string of the molecule is OC[C@H](O)COc1nc(Oc2ccc(F)cc2F)nc2n[nH]c(-c3ccc(Cl)cc3F)c12. The minimum absolute atomic E-state index is 0.0182. The number of nitrogens with one attached hydrogen (secondary N) is 1. The van der Waals surface area contributed by atoms with Crippen LogP contribution in [0.15, 0.2) is 36.4 Å². The molecule has 1 atom stereocenters. The first-order valence-corrected chi connectivity index (χ1v) is 9.49. The maximum atomic E-state index is 14.5. The average Bonchev–Trinajstić information content (AvgIpc) is 3.17. The standard InChI is InChI=1S/C20H14ClF3N4O4/c21-9-1-3-12(13(23)5-9)17-16-18(28-27-17)25-20(26-19(16)31-8-11(30)7-29)32-15-4-2-10(22)6-14(15)24/h1-6,11,29-30H,7-8H2,(H,25,26,27,28)/t11-/m0/s1. The molecule has 3 N–H and O–H groups in total. The Labute approximate surface area is 183 Å². The lowest BCUT2D eigenvalue weighted by Crippen LogP contribution is -2.21. The van der Waals surface area contributed by atoms with Crippen LogP contribution in [-0.4, -0.2) is 49.7 Å². The Bertz CT molecular complexity index is 1290. The molecule has 2 aromatic carbocycles. The molecule has 32 heavy (non-hydrogen) atoms. The number of rotatable bonds is 7. The van der Waals surface area contributed by atoms with Gasteiger partial charge in [0.05, 0.1) is 12.3 Å². The number of aromatic amines is 1. The number of halogens is 4. The van der Waals surface area contributed by atoms with Gasteiger partial charge in [-0.25, -0.2) is 13.2 Å². The quantitative estimate of drug-likeness (QED) is 0.381. The van der Waals surface area contributed by atoms with Gasteiger partial charge in [0, 0.05) is 16.7 Å². The molecule has 0 fully saturated rings. The van der Waals surface area contributed by atoms with Crippen LogP contribution in [0.3, 0.4) is 0 Å². The molecule has 8 nitrogen and oxygen atoms in total. The number of hydrogen-bond donors (Lipinski definition) is 3. The number of aromatic nitrogens is 4. The summed E-state index contributed by atoms with van der Waals surface area (Å²) in [5.74, 6) is -2.98. The van der Waals surface area contributed by atoms with Gasteiger partial charge in [0.2, 0.25) is 5.88 Å². The first kappa shape index (κ1) is 21.8. The van der Waals surface area contributed by atoms with Gasteiger partial charge in [0.1, 0.15) is 29.7 Å². The van der Waals surface area contributed by atoms with Crippen molar-refractivity contribution in [3.05, 3.63) is 58.9 Å². The van der Waals surface area contributed by atoms with E-state index in [-0.39, 0.29) is 45.5 Å². The smallest absolute Gasteiger partial charge is 0.327 e. The molecule has 0 bridgehead atoms. The third-order valence-electron chi connectivity index (χ3n) is 4.28. The summed E-state index contributed by atoms with van der Waals surface area (Å²) in [7, 11) is 0. The Hall–Kier alpha value is -3.41. The number of H-pyrrole nitrogens is 1. The lowest BCUT2D eigenvalue weighted by Gasteiger charge is -2.12. The van der Waals surface area contributed by atoms with Crippen LogP contribution in [0.1, 0.15) is 0 Å². The van der Waals surface area contributed by atoms with Crippen molar-refractivity contribution in [1.82, 2.24) is 20.2 Å². The Morgan fingerprint density at radius 3 is 2.59 bits per heavy atom. The summed E-state index contributed by atoms with van der Waals surface area (Å²) in [6.45, 7) is -0.955. The van der Waals surface area contributed by atoms with Crippen LogP contribution in [-0.2, 0) is 0 Å². The molecule has 4 aromatic rings. The van der Waals surface area contributed by atoms with Crippen LogP contribution in [0.2, 0.25) is 5.02 Å². The number of nitrogens with zero attached hydrogens (tertiary/aromatic N) is 3. The Morgan fingerprint density at radius 1 is 1.06 bits per heavy atom. The molecule has 0 spiro atoms. The summed E-state index contributed by atoms with van der Waals surface area (Å²) in [6, 6.07) is 6.25. The van der Waals surface area contributed by atoms with E-state index >= 15 is 0 Å². The number of benzene rings is 2. The minimum atomic E-state index is -1.23. The molecule has 166 valence electrons. The molecule has 12 heteroatoms. The summed E-state index contributed by atoms with van der Waals surface area (Å²) in [5, 5.41) is 25.6. The van der Waals surface area contributed by atoms with Crippen molar-refractivity contribution in [3.63, 3.8) is 0 Å². The van der Waals surface area contributed by atoms with Gasteiger partial charge in [-0.15, -0.1) is 0 Å². The van der Waals surface area contributed by atoms with E-state index in [0.29, 0.717) is 6.07 Å². The van der Waals surface area contributed by atoms with E-state index in [1.807, 2.05) is 0 Å². The van der Waals surface area contributed by atoms with Crippen LogP contribution in [0, 0.1) is 17.5 Å². The number of aliphatic hydroxyl groups is 2. The van der Waals surface area contributed by atoms with E-state index < -0.39 is 36.2 Å². The van der Waals surface area contributed by atoms with Crippen molar-refractivity contribution in [3.8, 4) is 28.9 Å². The second-order valence-electron chi connectivity index (χ2n) is 6.56. The molecule has 2 aromatic heterocycles. The van der Waals surface area contributed by atoms with Crippen LogP contribution < -0.4 is 9.47 Å². The summed E-state index contributed by atoms with van der Waals surface area (Å²) in [6.07, 6.45) is -1.23. The van der Waals surface area contributed by atoms with Crippen LogP contribution in [0.4, 0.5) is 13.2 Å². The first-order chi connectivity index (χ1) is 15.4. The fourth-order valence-corrected chi connectivity index (χ4v) is 2.95. The van der Waals surface area contributed by atoms with E-state index in [0.717, 1.165) is 18.2 Å². The fourth-order valence-electron chi connectivity index (χ4n) is 2.80. The molecule has 0 aliphatic carbocycles. The lowest BCUT2D eigenvalue weighted by atomic mass is 10.1. The van der Waals surface area contributed by atoms with Crippen molar-refractivity contribution >= 4 is 22.6 Å². The van der Waals surface area contributed by atoms with E-state index in [9.17, 15) is 18.3 Å². The maximum absolute atomic E-state index is 14.5. The van der Waals surface area contributed by atoms with Crippen molar-refractivity contribution < 1.29 is 32.9 Å². The monoisotopic (exact) mass is 466 g/mol. The summed E-state index contributed by atoms with van der Waals surface area (Å²) < 4.78 is 52.4. The van der Waals surface area contributed by atoms with Crippen molar-refractivity contribution in [2.24, 2.45) is 0 Å². The minimum Gasteiger partial charge on any atom is -0.474 e. The van der Waals surface area contributed by atoms with E-state index in [2.05, 4.69) is 20.2 Å². The average molecular weight is 467 g/mol. The molecule has 0 aliphatic heterocycles. The van der Waals surface area contributed by atoms with Gasteiger partial charge in [-0.05, 0) is 30.3 Å². The number of fused-ring (bicyclic) bond motifs is 1. The molecule has 4 rings (SSSR count). The summed E-state index contributed by atoms with van der Waals surface area (Å²) in [5.41, 5.74) is 0.226. The molecule has 0 unspecified atom stereocenters. The highest BCUT2D eigenvalue weighted by atomic mass is 35.5. The van der Waals surface area contributed by atoms with Gasteiger partial charge in [-0.2, -0.15) is 15.1 Å². The summed E-state index contributed by atoms with van der Waals surface area (Å²) in [4.78, 5) is 8.11. The fraction of sp³-hybridized carbons (Fsp3) is 0.150. The van der Waals surface area contributed by atoms with E-state index in [4.69, 9.17) is 26.2 Å². The van der Waals surface area contributed by atoms with Crippen molar-refractivity contribution in [1.29, 1.82) is 0 Å². The van der Waals surface area contributed by atoms with Gasteiger partial charge in [0.25, 0.3) is 0 Å². The Kier molecular flexibility index (Phi) is 6.12. The second-order valence-corrected chi connectivity index (χ2v) is 6.99. The van der Waals surface area contributed by atoms with Gasteiger partial charge in [0.15, 0.2) is 17.2 Å². The number of aliphatic hydroxyl groups excluding tert-OH is 2. The van der Waals surface area contributed by atoms with E-state index in [1.54, 1.807) is 0 Å². The maximum Gasteiger partial charge on any atom is 0.327 e. The topological polar surface area (TPSA) is 113 Å². The van der Waals surface area contributed by atoms with Gasteiger partial charge in [-0.3, -0.25) is 5.10 Å². The highest BCUT2D eigenvalue weighted by Gasteiger charge is 2.22. The zero-order valence-corrected chi connectivity index (χ0v) is 16.8. The first-order valence-electron chi connectivity index (χ1n) is 9.12. The van der Waals surface area contributed by atoms with Crippen LogP contribution in [0.5, 0.6) is 17.6 Å². The normalized spacial score (nSPS) is 12.2. The molecule has 2 heterocycles. The van der Waals surface area contributed by atoms with Gasteiger partial charge >= 0.3 is 6.01 Å². The molecule has 0 saturated carbocycles. The van der Waals surface area contributed by atoms with Crippen molar-refractivity contribution in [2.45, 2.75) is 6.10 Å². The van der Waals surface area contributed by atoms with Crippen LogP contribution >= 0.6 is 11.6 Å².